The lowest BCUT2D eigenvalue weighted by molar-refractivity contribution is 0.660. The number of hydrogen-bond acceptors (Lipinski definition) is 1. The van der Waals surface area contributed by atoms with E-state index in [0.717, 1.165) is 0 Å². The lowest BCUT2D eigenvalue weighted by Crippen LogP contribution is -2.17. The lowest BCUT2D eigenvalue weighted by atomic mass is 9.81. The van der Waals surface area contributed by atoms with E-state index in [0.29, 0.717) is 0 Å². The zero-order chi connectivity index (χ0) is 35.3. The van der Waals surface area contributed by atoms with Gasteiger partial charge in [-0.05, 0) is 158 Å². The third kappa shape index (κ3) is 4.69. The van der Waals surface area contributed by atoms with Gasteiger partial charge in [0.2, 0.25) is 0 Å². The quantitative estimate of drug-likeness (QED) is 0.182. The highest BCUT2D eigenvalue weighted by atomic mass is 15.1. The second kappa shape index (κ2) is 11.2. The number of nitrogens with zero attached hydrogens (tertiary/aromatic N) is 2. The van der Waals surface area contributed by atoms with Gasteiger partial charge in [0.05, 0.1) is 16.7 Å². The summed E-state index contributed by atoms with van der Waals surface area (Å²) in [6.45, 7) is 18.0. The predicted octanol–water partition coefficient (Wildman–Crippen LogP) is 13.6. The number of rotatable bonds is 4. The van der Waals surface area contributed by atoms with Crippen molar-refractivity contribution in [1.29, 1.82) is 0 Å². The molecule has 1 aliphatic carbocycles. The Kier molecular flexibility index (Phi) is 6.89. The molecule has 0 fully saturated rings. The summed E-state index contributed by atoms with van der Waals surface area (Å²) in [7, 11) is 0. The first-order valence-electron chi connectivity index (χ1n) is 18.2. The molecule has 0 amide bonds. The standard InChI is InChI=1S/C49H44N2/c1-29-13-21-45-41(23-29)42-24-30(2)14-22-46(42)51(45)37-19-20-40-43(27-37)49(7,8)44-28-47(38-11-9-10-12-39(38)48(40)44)50(35-17-15-31(3)33(5)25-35)36-18-16-32(4)34(6)26-36/h9-28H,1-8H3. The lowest BCUT2D eigenvalue weighted by Gasteiger charge is -2.30. The Morgan fingerprint density at radius 3 is 1.61 bits per heavy atom. The molecule has 1 aliphatic rings. The second-order valence-electron chi connectivity index (χ2n) is 15.5. The van der Waals surface area contributed by atoms with Gasteiger partial charge < -0.3 is 9.47 Å². The minimum absolute atomic E-state index is 0.219. The van der Waals surface area contributed by atoms with Gasteiger partial charge in [-0.1, -0.05) is 79.6 Å². The summed E-state index contributed by atoms with van der Waals surface area (Å²) in [5.41, 5.74) is 20.3. The maximum atomic E-state index is 2.49. The number of anilines is 3. The molecule has 2 heteroatoms. The Bertz CT molecular complexity index is 2630. The fourth-order valence-electron chi connectivity index (χ4n) is 8.56. The van der Waals surface area contributed by atoms with Crippen LogP contribution in [0.5, 0.6) is 0 Å². The van der Waals surface area contributed by atoms with Gasteiger partial charge in [-0.2, -0.15) is 0 Å². The van der Waals surface area contributed by atoms with Gasteiger partial charge in [-0.15, -0.1) is 0 Å². The van der Waals surface area contributed by atoms with Crippen molar-refractivity contribution in [2.75, 3.05) is 4.90 Å². The van der Waals surface area contributed by atoms with Gasteiger partial charge in [0.25, 0.3) is 0 Å². The van der Waals surface area contributed by atoms with Crippen molar-refractivity contribution in [1.82, 2.24) is 4.57 Å². The molecule has 250 valence electrons. The van der Waals surface area contributed by atoms with E-state index in [-0.39, 0.29) is 5.41 Å². The maximum absolute atomic E-state index is 2.49. The highest BCUT2D eigenvalue weighted by molar-refractivity contribution is 6.11. The molecule has 0 bridgehead atoms. The molecule has 0 saturated carbocycles. The SMILES string of the molecule is Cc1ccc2c(c1)c1cc(C)ccc1n2-c1ccc2c(c1)C(C)(C)c1cc(N(c3ccc(C)c(C)c3)c3ccc(C)c(C)c3)c3ccccc3c1-2. The molecule has 0 aliphatic heterocycles. The molecule has 0 spiro atoms. The summed E-state index contributed by atoms with van der Waals surface area (Å²) in [4.78, 5) is 2.48. The molecule has 0 unspecified atom stereocenters. The van der Waals surface area contributed by atoms with E-state index in [1.807, 2.05) is 0 Å². The minimum atomic E-state index is -0.219. The molecule has 0 N–H and O–H groups in total. The number of benzene rings is 7. The Hall–Kier alpha value is -5.60. The summed E-state index contributed by atoms with van der Waals surface area (Å²) < 4.78 is 2.47. The monoisotopic (exact) mass is 660 g/mol. The van der Waals surface area contributed by atoms with Crippen molar-refractivity contribution >= 4 is 49.6 Å². The van der Waals surface area contributed by atoms with E-state index in [1.165, 1.54) is 111 Å². The molecular weight excluding hydrogens is 617 g/mol. The van der Waals surface area contributed by atoms with Crippen molar-refractivity contribution in [3.63, 3.8) is 0 Å². The van der Waals surface area contributed by atoms with Crippen molar-refractivity contribution in [3.8, 4) is 16.8 Å². The Morgan fingerprint density at radius 1 is 0.471 bits per heavy atom. The smallest absolute Gasteiger partial charge is 0.0543 e. The predicted molar refractivity (Wildman–Crippen MR) is 219 cm³/mol. The van der Waals surface area contributed by atoms with Crippen LogP contribution in [0.1, 0.15) is 58.4 Å². The van der Waals surface area contributed by atoms with Gasteiger partial charge in [0, 0.05) is 38.6 Å². The zero-order valence-electron chi connectivity index (χ0n) is 30.9. The van der Waals surface area contributed by atoms with E-state index in [9.17, 15) is 0 Å². The summed E-state index contributed by atoms with van der Waals surface area (Å²) in [6.07, 6.45) is 0. The van der Waals surface area contributed by atoms with Gasteiger partial charge in [0.1, 0.15) is 0 Å². The first kappa shape index (κ1) is 31.4. The second-order valence-corrected chi connectivity index (χ2v) is 15.5. The molecule has 0 radical (unpaired) electrons. The fourth-order valence-corrected chi connectivity index (χ4v) is 8.56. The summed E-state index contributed by atoms with van der Waals surface area (Å²) in [6, 6.07) is 46.2. The molecule has 0 saturated heterocycles. The zero-order valence-corrected chi connectivity index (χ0v) is 30.9. The van der Waals surface area contributed by atoms with E-state index < -0.39 is 0 Å². The van der Waals surface area contributed by atoms with Crippen LogP contribution in [0.3, 0.4) is 0 Å². The first-order chi connectivity index (χ1) is 24.5. The van der Waals surface area contributed by atoms with Crippen LogP contribution in [-0.4, -0.2) is 4.57 Å². The van der Waals surface area contributed by atoms with Crippen LogP contribution in [0.15, 0.2) is 121 Å². The average Bonchev–Trinajstić information content (AvgIpc) is 3.55. The van der Waals surface area contributed by atoms with Crippen molar-refractivity contribution < 1.29 is 0 Å². The minimum Gasteiger partial charge on any atom is -0.310 e. The Balaban J connectivity index is 1.29. The molecule has 1 heterocycles. The van der Waals surface area contributed by atoms with Crippen LogP contribution >= 0.6 is 0 Å². The van der Waals surface area contributed by atoms with Gasteiger partial charge in [-0.25, -0.2) is 0 Å². The topological polar surface area (TPSA) is 8.17 Å². The first-order valence-corrected chi connectivity index (χ1v) is 18.2. The third-order valence-electron chi connectivity index (χ3n) is 11.7. The van der Waals surface area contributed by atoms with Crippen molar-refractivity contribution in [2.24, 2.45) is 0 Å². The molecule has 2 nitrogen and oxygen atoms in total. The van der Waals surface area contributed by atoms with E-state index in [2.05, 4.69) is 186 Å². The number of aromatic nitrogens is 1. The van der Waals surface area contributed by atoms with Crippen molar-refractivity contribution in [3.05, 3.63) is 166 Å². The number of fused-ring (bicyclic) bond motifs is 8. The van der Waals surface area contributed by atoms with Crippen LogP contribution in [0.2, 0.25) is 0 Å². The van der Waals surface area contributed by atoms with E-state index >= 15 is 0 Å². The normalized spacial score (nSPS) is 13.3. The molecule has 9 rings (SSSR count). The van der Waals surface area contributed by atoms with E-state index in [1.54, 1.807) is 0 Å². The summed E-state index contributed by atoms with van der Waals surface area (Å²) >= 11 is 0. The van der Waals surface area contributed by atoms with Crippen LogP contribution < -0.4 is 4.90 Å². The van der Waals surface area contributed by atoms with Gasteiger partial charge in [-0.3, -0.25) is 0 Å². The largest absolute Gasteiger partial charge is 0.310 e. The van der Waals surface area contributed by atoms with Gasteiger partial charge in [0.15, 0.2) is 0 Å². The molecule has 8 aromatic rings. The van der Waals surface area contributed by atoms with Crippen LogP contribution in [0, 0.1) is 41.5 Å². The highest BCUT2D eigenvalue weighted by Crippen LogP contribution is 2.55. The molecular formula is C49H44N2. The van der Waals surface area contributed by atoms with Crippen LogP contribution in [-0.2, 0) is 5.41 Å². The summed E-state index contributed by atoms with van der Waals surface area (Å²) in [5.74, 6) is 0. The Morgan fingerprint density at radius 2 is 1.04 bits per heavy atom. The third-order valence-corrected chi connectivity index (χ3v) is 11.7. The average molecular weight is 661 g/mol. The molecule has 0 atom stereocenters. The van der Waals surface area contributed by atoms with Gasteiger partial charge >= 0.3 is 0 Å². The van der Waals surface area contributed by atoms with Crippen molar-refractivity contribution in [2.45, 2.75) is 60.8 Å². The maximum Gasteiger partial charge on any atom is 0.0543 e. The molecule has 1 aromatic heterocycles. The highest BCUT2D eigenvalue weighted by Gasteiger charge is 2.38. The number of hydrogen-bond donors (Lipinski definition) is 0. The fraction of sp³-hybridized carbons (Fsp3) is 0.184. The summed E-state index contributed by atoms with van der Waals surface area (Å²) in [5, 5.41) is 5.17. The number of aryl methyl sites for hydroxylation is 6. The van der Waals surface area contributed by atoms with Crippen LogP contribution in [0.25, 0.3) is 49.4 Å². The van der Waals surface area contributed by atoms with E-state index in [4.69, 9.17) is 0 Å². The van der Waals surface area contributed by atoms with Crippen LogP contribution in [0.4, 0.5) is 17.1 Å². The molecule has 51 heavy (non-hydrogen) atoms. The Labute approximate surface area is 301 Å². The molecule has 7 aromatic carbocycles.